The minimum absolute atomic E-state index is 0.0136. The highest BCUT2D eigenvalue weighted by Crippen LogP contribution is 2.30. The molecule has 2 amide bonds. The molecule has 1 heterocycles. The molecular weight excluding hydrogens is 592 g/mol. The molecule has 10 nitrogen and oxygen atoms in total. The van der Waals surface area contributed by atoms with Crippen molar-refractivity contribution in [3.8, 4) is 0 Å². The van der Waals surface area contributed by atoms with Gasteiger partial charge in [0.05, 0.1) is 48.9 Å². The van der Waals surface area contributed by atoms with E-state index in [-0.39, 0.29) is 48.1 Å². The number of benzene rings is 1. The zero-order chi connectivity index (χ0) is 33.8. The second kappa shape index (κ2) is 18.5. The molecule has 1 aromatic carbocycles. The third-order valence-corrected chi connectivity index (χ3v) is 9.84. The van der Waals surface area contributed by atoms with Crippen molar-refractivity contribution < 1.29 is 28.6 Å². The molecule has 1 fully saturated rings. The van der Waals surface area contributed by atoms with Gasteiger partial charge in [-0.1, -0.05) is 83.6 Å². The maximum Gasteiger partial charge on any atom is 0.328 e. The maximum absolute atomic E-state index is 13.9. The summed E-state index contributed by atoms with van der Waals surface area (Å²) >= 11 is 5.81. The van der Waals surface area contributed by atoms with Gasteiger partial charge in [0.15, 0.2) is 0 Å². The van der Waals surface area contributed by atoms with E-state index in [1.165, 1.54) is 7.11 Å². The fraction of sp³-hybridized carbons (Fsp3) is 0.706. The normalized spacial score (nSPS) is 19.6. The molecule has 0 saturated carbocycles. The number of carbonyl (C=O) groups excluding carboxylic acids is 3. The summed E-state index contributed by atoms with van der Waals surface area (Å²) in [7, 11) is 6.33. The zero-order valence-corrected chi connectivity index (χ0v) is 29.5. The topological polar surface area (TPSA) is 123 Å². The van der Waals surface area contributed by atoms with E-state index in [0.717, 1.165) is 24.8 Å². The second-order valence-electron chi connectivity index (χ2n) is 12.6. The van der Waals surface area contributed by atoms with Crippen molar-refractivity contribution in [2.75, 3.05) is 34.9 Å². The van der Waals surface area contributed by atoms with E-state index >= 15 is 0 Å². The largest absolute Gasteiger partial charge is 0.467 e. The molecule has 8 atom stereocenters. The minimum Gasteiger partial charge on any atom is -0.467 e. The number of methoxy groups -OCH3 is 3. The Morgan fingerprint density at radius 3 is 2.27 bits per heavy atom. The summed E-state index contributed by atoms with van der Waals surface area (Å²) in [4.78, 5) is 43.9. The van der Waals surface area contributed by atoms with Gasteiger partial charge >= 0.3 is 5.97 Å². The van der Waals surface area contributed by atoms with Gasteiger partial charge in [0.2, 0.25) is 11.8 Å². The Kier molecular flexibility index (Phi) is 15.9. The molecule has 0 aromatic heterocycles. The first-order valence-electron chi connectivity index (χ1n) is 16.1. The summed E-state index contributed by atoms with van der Waals surface area (Å²) in [6.45, 7) is 10.5. The molecule has 0 spiro atoms. The average molecular weight is 649 g/mol. The number of esters is 1. The number of rotatable bonds is 17. The van der Waals surface area contributed by atoms with Crippen molar-refractivity contribution in [2.24, 2.45) is 23.5 Å². The molecule has 0 aliphatic carbocycles. The molecule has 1 aromatic rings. The van der Waals surface area contributed by atoms with Crippen LogP contribution in [0.1, 0.15) is 65.9 Å². The van der Waals surface area contributed by atoms with Gasteiger partial charge in [-0.15, -0.1) is 0 Å². The van der Waals surface area contributed by atoms with Crippen molar-refractivity contribution >= 4 is 35.0 Å². The number of likely N-dealkylation sites (N-methyl/N-ethyl adjacent to an activating group) is 1. The van der Waals surface area contributed by atoms with Gasteiger partial charge < -0.3 is 35.1 Å². The van der Waals surface area contributed by atoms with Gasteiger partial charge in [-0.3, -0.25) is 9.59 Å². The SMILES string of the molecule is CC[C@H](C)[C@@H]([C@@H](CC(=O)N1CCC[C@H]1[C@H](OC)C(C)C(=S)N[C@@H](Cc1ccccc1)C(=O)OC)OC)N(C)C(=O)[C@@H](N)C(C)C. The quantitative estimate of drug-likeness (QED) is 0.193. The van der Waals surface area contributed by atoms with Crippen molar-refractivity contribution in [2.45, 2.75) is 103 Å². The van der Waals surface area contributed by atoms with E-state index in [2.05, 4.69) is 19.2 Å². The van der Waals surface area contributed by atoms with Crippen LogP contribution >= 0.6 is 12.2 Å². The summed E-state index contributed by atoms with van der Waals surface area (Å²) in [6, 6.07) is 7.85. The van der Waals surface area contributed by atoms with Gasteiger partial charge in [0.25, 0.3) is 0 Å². The van der Waals surface area contributed by atoms with Crippen LogP contribution in [0.3, 0.4) is 0 Å². The van der Waals surface area contributed by atoms with Gasteiger partial charge in [0.1, 0.15) is 6.04 Å². The fourth-order valence-corrected chi connectivity index (χ4v) is 6.59. The van der Waals surface area contributed by atoms with Crippen LogP contribution in [0, 0.1) is 17.8 Å². The number of hydrogen-bond donors (Lipinski definition) is 2. The standard InChI is InChI=1S/C34H56N4O6S/c1-10-22(4)30(37(6)33(40)29(35)21(2)3)27(42-7)20-28(39)38-18-14-17-26(38)31(43-8)23(5)32(45)36-25(34(41)44-9)19-24-15-12-11-13-16-24/h11-13,15-16,21-23,25-27,29-31H,10,14,17-20,35H2,1-9H3,(H,36,45)/t22-,23?,25-,26-,27+,29-,30-,31+/m0/s1. The van der Waals surface area contributed by atoms with Crippen LogP contribution < -0.4 is 11.1 Å². The molecule has 0 radical (unpaired) electrons. The van der Waals surface area contributed by atoms with Crippen LogP contribution in [-0.4, -0.2) is 104 Å². The summed E-state index contributed by atoms with van der Waals surface area (Å²) in [6.07, 6.45) is 2.02. The maximum atomic E-state index is 13.9. The minimum atomic E-state index is -0.658. The number of hydrogen-bond acceptors (Lipinski definition) is 8. The Bertz CT molecular complexity index is 1110. The summed E-state index contributed by atoms with van der Waals surface area (Å²) < 4.78 is 17.0. The number of nitrogens with one attached hydrogen (secondary N) is 1. The molecule has 3 N–H and O–H groups in total. The van der Waals surface area contributed by atoms with Crippen LogP contribution in [0.25, 0.3) is 0 Å². The molecule has 0 bridgehead atoms. The Morgan fingerprint density at radius 1 is 1.09 bits per heavy atom. The number of thiocarbonyl (C=S) groups is 1. The molecular formula is C34H56N4O6S. The summed E-state index contributed by atoms with van der Waals surface area (Å²) in [5.74, 6) is -0.843. The molecule has 254 valence electrons. The number of nitrogens with two attached hydrogens (primary N) is 1. The van der Waals surface area contributed by atoms with E-state index in [1.54, 1.807) is 26.2 Å². The van der Waals surface area contributed by atoms with Gasteiger partial charge in [-0.2, -0.15) is 0 Å². The number of carbonyl (C=O) groups is 3. The van der Waals surface area contributed by atoms with Crippen molar-refractivity contribution in [3.05, 3.63) is 35.9 Å². The first-order chi connectivity index (χ1) is 21.3. The smallest absolute Gasteiger partial charge is 0.328 e. The molecule has 2 rings (SSSR count). The van der Waals surface area contributed by atoms with Crippen molar-refractivity contribution in [1.29, 1.82) is 0 Å². The summed E-state index contributed by atoms with van der Waals surface area (Å²) in [5.41, 5.74) is 7.21. The van der Waals surface area contributed by atoms with Gasteiger partial charge in [0, 0.05) is 40.2 Å². The van der Waals surface area contributed by atoms with Gasteiger partial charge in [-0.25, -0.2) is 4.79 Å². The van der Waals surface area contributed by atoms with E-state index in [0.29, 0.717) is 18.0 Å². The Balaban J connectivity index is 2.22. The van der Waals surface area contributed by atoms with Crippen molar-refractivity contribution in [3.63, 3.8) is 0 Å². The van der Waals surface area contributed by atoms with Crippen LogP contribution in [0.4, 0.5) is 0 Å². The Labute approximate surface area is 275 Å². The lowest BCUT2D eigenvalue weighted by atomic mass is 9.89. The van der Waals surface area contributed by atoms with Crippen LogP contribution in [0.2, 0.25) is 0 Å². The average Bonchev–Trinajstić information content (AvgIpc) is 3.52. The zero-order valence-electron chi connectivity index (χ0n) is 28.7. The number of nitrogens with zero attached hydrogens (tertiary/aromatic N) is 2. The highest BCUT2D eigenvalue weighted by molar-refractivity contribution is 7.80. The van der Waals surface area contributed by atoms with Crippen LogP contribution in [-0.2, 0) is 35.0 Å². The highest BCUT2D eigenvalue weighted by Gasteiger charge is 2.42. The number of likely N-dealkylation sites (tertiary alicyclic amines) is 1. The summed E-state index contributed by atoms with van der Waals surface area (Å²) in [5, 5.41) is 3.22. The molecule has 1 aliphatic rings. The number of amides is 2. The highest BCUT2D eigenvalue weighted by atomic mass is 32.1. The lowest BCUT2D eigenvalue weighted by molar-refractivity contribution is -0.145. The Hall–Kier alpha value is -2.60. The van der Waals surface area contributed by atoms with E-state index < -0.39 is 30.3 Å². The lowest BCUT2D eigenvalue weighted by Gasteiger charge is -2.40. The first kappa shape index (κ1) is 38.6. The van der Waals surface area contributed by atoms with E-state index in [4.69, 9.17) is 32.2 Å². The molecule has 1 aliphatic heterocycles. The van der Waals surface area contributed by atoms with Crippen LogP contribution in [0.15, 0.2) is 30.3 Å². The molecule has 1 unspecified atom stereocenters. The van der Waals surface area contributed by atoms with E-state index in [1.807, 2.05) is 56.0 Å². The van der Waals surface area contributed by atoms with Gasteiger partial charge in [-0.05, 0) is 30.2 Å². The molecule has 45 heavy (non-hydrogen) atoms. The molecule has 1 saturated heterocycles. The lowest BCUT2D eigenvalue weighted by Crippen LogP contribution is -2.56. The Morgan fingerprint density at radius 2 is 1.73 bits per heavy atom. The predicted octanol–water partition coefficient (Wildman–Crippen LogP) is 3.59. The van der Waals surface area contributed by atoms with Crippen molar-refractivity contribution in [1.82, 2.24) is 15.1 Å². The van der Waals surface area contributed by atoms with Crippen LogP contribution in [0.5, 0.6) is 0 Å². The third kappa shape index (κ3) is 10.2. The molecule has 11 heteroatoms. The number of ether oxygens (including phenoxy) is 3. The van der Waals surface area contributed by atoms with E-state index in [9.17, 15) is 14.4 Å². The monoisotopic (exact) mass is 648 g/mol. The second-order valence-corrected chi connectivity index (χ2v) is 13.1. The fourth-order valence-electron chi connectivity index (χ4n) is 6.31. The predicted molar refractivity (Wildman–Crippen MR) is 181 cm³/mol. The first-order valence-corrected chi connectivity index (χ1v) is 16.5. The third-order valence-electron chi connectivity index (χ3n) is 9.35.